The molecule has 0 spiro atoms. The van der Waals surface area contributed by atoms with Crippen LogP contribution in [0.5, 0.6) is 0 Å². The molecule has 0 saturated carbocycles. The summed E-state index contributed by atoms with van der Waals surface area (Å²) in [4.78, 5) is 2.42. The largest absolute Gasteiger partial charge is 0.378 e. The molecule has 0 aromatic heterocycles. The quantitative estimate of drug-likeness (QED) is 0.880. The Labute approximate surface area is 137 Å². The van der Waals surface area contributed by atoms with Crippen LogP contribution in [0.4, 0.5) is 0 Å². The van der Waals surface area contributed by atoms with Crippen LogP contribution >= 0.6 is 15.9 Å². The molecule has 1 aliphatic rings. The summed E-state index contributed by atoms with van der Waals surface area (Å²) in [6.45, 7) is 6.87. The van der Waals surface area contributed by atoms with Crippen molar-refractivity contribution in [2.24, 2.45) is 11.7 Å². The van der Waals surface area contributed by atoms with Crippen LogP contribution in [0.3, 0.4) is 0 Å². The lowest BCUT2D eigenvalue weighted by Crippen LogP contribution is -2.57. The number of nitrogens with zero attached hydrogens (tertiary/aromatic N) is 1. The van der Waals surface area contributed by atoms with Crippen molar-refractivity contribution in [3.05, 3.63) is 34.3 Å². The molecule has 1 fully saturated rings. The molecule has 1 saturated heterocycles. The first kappa shape index (κ1) is 16.9. The highest BCUT2D eigenvalue weighted by Crippen LogP contribution is 2.33. The summed E-state index contributed by atoms with van der Waals surface area (Å²) in [6.07, 6.45) is 2.34. The van der Waals surface area contributed by atoms with E-state index in [2.05, 4.69) is 66.0 Å². The number of ether oxygens (including phenoxy) is 1. The summed E-state index contributed by atoms with van der Waals surface area (Å²) in [5, 5.41) is 0. The Kier molecular flexibility index (Phi) is 5.83. The van der Waals surface area contributed by atoms with Crippen molar-refractivity contribution in [1.29, 1.82) is 0 Å². The van der Waals surface area contributed by atoms with Gasteiger partial charge >= 0.3 is 0 Å². The Morgan fingerprint density at radius 1 is 1.48 bits per heavy atom. The first-order valence-electron chi connectivity index (χ1n) is 7.74. The Morgan fingerprint density at radius 3 is 2.86 bits per heavy atom. The topological polar surface area (TPSA) is 38.5 Å². The minimum atomic E-state index is 0.0511. The van der Waals surface area contributed by atoms with E-state index >= 15 is 0 Å². The number of hydrogen-bond acceptors (Lipinski definition) is 3. The zero-order valence-corrected chi connectivity index (χ0v) is 14.9. The molecule has 118 valence electrons. The fourth-order valence-corrected chi connectivity index (χ4v) is 3.58. The van der Waals surface area contributed by atoms with E-state index in [1.165, 1.54) is 5.56 Å². The Morgan fingerprint density at radius 2 is 2.24 bits per heavy atom. The van der Waals surface area contributed by atoms with Crippen molar-refractivity contribution in [2.45, 2.75) is 44.9 Å². The summed E-state index contributed by atoms with van der Waals surface area (Å²) >= 11 is 3.54. The van der Waals surface area contributed by atoms with E-state index in [4.69, 9.17) is 10.5 Å². The van der Waals surface area contributed by atoms with E-state index in [1.807, 2.05) is 0 Å². The fourth-order valence-electron chi connectivity index (χ4n) is 3.13. The predicted octanol–water partition coefficient (Wildman–Crippen LogP) is 3.41. The summed E-state index contributed by atoms with van der Waals surface area (Å²) < 4.78 is 7.05. The first-order valence-corrected chi connectivity index (χ1v) is 8.53. The number of likely N-dealkylation sites (N-methyl/N-ethyl adjacent to an activating group) is 1. The molecule has 2 atom stereocenters. The van der Waals surface area contributed by atoms with Gasteiger partial charge in [0.05, 0.1) is 6.10 Å². The normalized spacial score (nSPS) is 26.5. The van der Waals surface area contributed by atoms with Crippen molar-refractivity contribution < 1.29 is 4.74 Å². The zero-order chi connectivity index (χ0) is 15.5. The highest BCUT2D eigenvalue weighted by molar-refractivity contribution is 9.10. The molecule has 2 N–H and O–H groups in total. The minimum Gasteiger partial charge on any atom is -0.378 e. The van der Waals surface area contributed by atoms with Crippen LogP contribution in [0.25, 0.3) is 0 Å². The molecular formula is C17H27BrN2O. The van der Waals surface area contributed by atoms with Gasteiger partial charge in [-0.3, -0.25) is 4.90 Å². The van der Waals surface area contributed by atoms with E-state index in [0.717, 1.165) is 30.5 Å². The van der Waals surface area contributed by atoms with Crippen LogP contribution in [0.2, 0.25) is 0 Å². The van der Waals surface area contributed by atoms with E-state index < -0.39 is 0 Å². The molecule has 1 aromatic rings. The maximum atomic E-state index is 6.18. The second kappa shape index (κ2) is 7.23. The second-order valence-electron chi connectivity index (χ2n) is 6.52. The predicted molar refractivity (Wildman–Crippen MR) is 91.2 cm³/mol. The van der Waals surface area contributed by atoms with Gasteiger partial charge in [-0.05, 0) is 43.5 Å². The number of hydrogen-bond donors (Lipinski definition) is 1. The monoisotopic (exact) mass is 354 g/mol. The van der Waals surface area contributed by atoms with Crippen LogP contribution in [0.1, 0.15) is 32.3 Å². The second-order valence-corrected chi connectivity index (χ2v) is 7.44. The van der Waals surface area contributed by atoms with Gasteiger partial charge in [-0.15, -0.1) is 0 Å². The van der Waals surface area contributed by atoms with Gasteiger partial charge in [0.1, 0.15) is 0 Å². The number of halogens is 1. The maximum Gasteiger partial charge on any atom is 0.0616 e. The van der Waals surface area contributed by atoms with Crippen LogP contribution < -0.4 is 5.73 Å². The molecule has 21 heavy (non-hydrogen) atoms. The van der Waals surface area contributed by atoms with Crippen molar-refractivity contribution in [1.82, 2.24) is 4.90 Å². The van der Waals surface area contributed by atoms with Crippen molar-refractivity contribution in [3.63, 3.8) is 0 Å². The Hall–Kier alpha value is -0.420. The summed E-state index contributed by atoms with van der Waals surface area (Å²) in [5.74, 6) is 0.537. The van der Waals surface area contributed by atoms with E-state index in [9.17, 15) is 0 Å². The molecule has 0 amide bonds. The molecule has 4 heteroatoms. The van der Waals surface area contributed by atoms with Crippen LogP contribution in [0.15, 0.2) is 28.7 Å². The standard InChI is InChI=1S/C17H27BrN2O/c1-13(2)16-10-17(12-19,7-8-21-16)20(3)11-14-5-4-6-15(18)9-14/h4-6,9,13,16H,7-8,10-12,19H2,1-3H3. The number of benzene rings is 1. The van der Waals surface area contributed by atoms with E-state index in [0.29, 0.717) is 18.6 Å². The number of nitrogens with two attached hydrogens (primary N) is 1. The molecule has 1 aromatic carbocycles. The molecule has 0 aliphatic carbocycles. The minimum absolute atomic E-state index is 0.0511. The first-order chi connectivity index (χ1) is 9.97. The van der Waals surface area contributed by atoms with Gasteiger partial charge in [0.2, 0.25) is 0 Å². The van der Waals surface area contributed by atoms with Gasteiger partial charge in [0, 0.05) is 29.7 Å². The third-order valence-electron chi connectivity index (χ3n) is 4.72. The average Bonchev–Trinajstić information content (AvgIpc) is 2.47. The van der Waals surface area contributed by atoms with Crippen molar-refractivity contribution in [2.75, 3.05) is 20.2 Å². The molecule has 2 rings (SSSR count). The molecule has 1 heterocycles. The van der Waals surface area contributed by atoms with E-state index in [-0.39, 0.29) is 5.54 Å². The molecular weight excluding hydrogens is 328 g/mol. The highest BCUT2D eigenvalue weighted by atomic mass is 79.9. The Balaban J connectivity index is 2.11. The molecule has 0 radical (unpaired) electrons. The highest BCUT2D eigenvalue weighted by Gasteiger charge is 2.40. The smallest absolute Gasteiger partial charge is 0.0616 e. The summed E-state index contributed by atoms with van der Waals surface area (Å²) in [7, 11) is 2.19. The van der Waals surface area contributed by atoms with Crippen LogP contribution in [-0.2, 0) is 11.3 Å². The van der Waals surface area contributed by atoms with Crippen LogP contribution in [-0.4, -0.2) is 36.7 Å². The fraction of sp³-hybridized carbons (Fsp3) is 0.647. The lowest BCUT2D eigenvalue weighted by Gasteiger charge is -2.47. The van der Waals surface area contributed by atoms with E-state index in [1.54, 1.807) is 0 Å². The van der Waals surface area contributed by atoms with Gasteiger partial charge in [-0.1, -0.05) is 41.9 Å². The third kappa shape index (κ3) is 4.07. The van der Waals surface area contributed by atoms with Gasteiger partial charge in [-0.25, -0.2) is 0 Å². The van der Waals surface area contributed by atoms with Gasteiger partial charge in [0.25, 0.3) is 0 Å². The third-order valence-corrected chi connectivity index (χ3v) is 5.22. The van der Waals surface area contributed by atoms with Crippen LogP contribution in [0, 0.1) is 5.92 Å². The van der Waals surface area contributed by atoms with Gasteiger partial charge < -0.3 is 10.5 Å². The molecule has 1 aliphatic heterocycles. The van der Waals surface area contributed by atoms with Gasteiger partial charge in [0.15, 0.2) is 0 Å². The zero-order valence-electron chi connectivity index (χ0n) is 13.3. The summed E-state index contributed by atoms with van der Waals surface area (Å²) in [5.41, 5.74) is 7.54. The SMILES string of the molecule is CC(C)C1CC(CN)(N(C)Cc2cccc(Br)c2)CCO1. The maximum absolute atomic E-state index is 6.18. The lowest BCUT2D eigenvalue weighted by atomic mass is 9.82. The van der Waals surface area contributed by atoms with Crippen molar-refractivity contribution in [3.8, 4) is 0 Å². The number of rotatable bonds is 5. The average molecular weight is 355 g/mol. The molecule has 3 nitrogen and oxygen atoms in total. The Bertz CT molecular complexity index is 466. The molecule has 0 bridgehead atoms. The summed E-state index contributed by atoms with van der Waals surface area (Å²) in [6, 6.07) is 8.50. The van der Waals surface area contributed by atoms with Gasteiger partial charge in [-0.2, -0.15) is 0 Å². The lowest BCUT2D eigenvalue weighted by molar-refractivity contribution is -0.0834. The molecule has 2 unspecified atom stereocenters. The van der Waals surface area contributed by atoms with Crippen molar-refractivity contribution >= 4 is 15.9 Å².